The highest BCUT2D eigenvalue weighted by molar-refractivity contribution is 6.00. The number of hydrogen-bond acceptors (Lipinski definition) is 5. The Morgan fingerprint density at radius 1 is 1.03 bits per heavy atom. The van der Waals surface area contributed by atoms with E-state index in [1.165, 1.54) is 19.4 Å². The lowest BCUT2D eigenvalue weighted by Gasteiger charge is -2.43. The van der Waals surface area contributed by atoms with Gasteiger partial charge in [0.15, 0.2) is 0 Å². The molecule has 1 aromatic rings. The SMILES string of the molecule is COc1ccc(N2CC(C(=O)N3CCN(C4CCCN(C)C4)CC3)CC2=O)cc1. The van der Waals surface area contributed by atoms with E-state index in [0.717, 1.165) is 44.2 Å². The number of benzene rings is 1. The normalized spacial score (nSPS) is 26.8. The minimum absolute atomic E-state index is 0.0254. The monoisotopic (exact) mass is 400 g/mol. The third-order valence-electron chi connectivity index (χ3n) is 6.60. The topological polar surface area (TPSA) is 56.3 Å². The summed E-state index contributed by atoms with van der Waals surface area (Å²) in [5, 5.41) is 0. The van der Waals surface area contributed by atoms with Gasteiger partial charge >= 0.3 is 0 Å². The van der Waals surface area contributed by atoms with E-state index in [2.05, 4.69) is 16.8 Å². The van der Waals surface area contributed by atoms with E-state index in [9.17, 15) is 9.59 Å². The van der Waals surface area contributed by atoms with Crippen LogP contribution < -0.4 is 9.64 Å². The van der Waals surface area contributed by atoms with Crippen molar-refractivity contribution in [2.75, 3.05) is 64.9 Å². The Kier molecular flexibility index (Phi) is 6.06. The number of likely N-dealkylation sites (N-methyl/N-ethyl adjacent to an activating group) is 1. The molecule has 158 valence electrons. The van der Waals surface area contributed by atoms with Crippen LogP contribution in [0.3, 0.4) is 0 Å². The fraction of sp³-hybridized carbons (Fsp3) is 0.636. The number of anilines is 1. The quantitative estimate of drug-likeness (QED) is 0.762. The molecule has 0 radical (unpaired) electrons. The lowest BCUT2D eigenvalue weighted by atomic mass is 10.0. The molecule has 1 aromatic carbocycles. The maximum absolute atomic E-state index is 13.1. The molecule has 3 heterocycles. The Hall–Kier alpha value is -2.12. The number of hydrogen-bond donors (Lipinski definition) is 0. The smallest absolute Gasteiger partial charge is 0.228 e. The largest absolute Gasteiger partial charge is 0.497 e. The fourth-order valence-electron chi connectivity index (χ4n) is 4.89. The van der Waals surface area contributed by atoms with Crippen molar-refractivity contribution in [3.63, 3.8) is 0 Å². The number of carbonyl (C=O) groups excluding carboxylic acids is 2. The van der Waals surface area contributed by atoms with Crippen molar-refractivity contribution in [2.45, 2.75) is 25.3 Å². The minimum Gasteiger partial charge on any atom is -0.497 e. The number of rotatable bonds is 4. The van der Waals surface area contributed by atoms with Crippen molar-refractivity contribution in [1.82, 2.24) is 14.7 Å². The van der Waals surface area contributed by atoms with Crippen LogP contribution in [0.2, 0.25) is 0 Å². The van der Waals surface area contributed by atoms with Gasteiger partial charge in [0.25, 0.3) is 0 Å². The summed E-state index contributed by atoms with van der Waals surface area (Å²) in [5.41, 5.74) is 0.831. The van der Waals surface area contributed by atoms with Crippen LogP contribution in [0, 0.1) is 5.92 Å². The number of carbonyl (C=O) groups is 2. The van der Waals surface area contributed by atoms with Crippen LogP contribution in [0.25, 0.3) is 0 Å². The molecule has 0 N–H and O–H groups in total. The second kappa shape index (κ2) is 8.71. The van der Waals surface area contributed by atoms with Gasteiger partial charge in [-0.25, -0.2) is 0 Å². The van der Waals surface area contributed by atoms with Crippen LogP contribution in [0.1, 0.15) is 19.3 Å². The molecule has 0 aliphatic carbocycles. The second-order valence-corrected chi connectivity index (χ2v) is 8.52. The van der Waals surface area contributed by atoms with Gasteiger partial charge in [-0.1, -0.05) is 0 Å². The molecule has 29 heavy (non-hydrogen) atoms. The van der Waals surface area contributed by atoms with Gasteiger partial charge < -0.3 is 19.4 Å². The first-order valence-electron chi connectivity index (χ1n) is 10.7. The van der Waals surface area contributed by atoms with Gasteiger partial charge in [0.05, 0.1) is 13.0 Å². The van der Waals surface area contributed by atoms with Gasteiger partial charge in [-0.05, 0) is 50.7 Å². The lowest BCUT2D eigenvalue weighted by molar-refractivity contribution is -0.138. The molecule has 0 saturated carbocycles. The Bertz CT molecular complexity index is 730. The maximum atomic E-state index is 13.1. The van der Waals surface area contributed by atoms with Crippen LogP contribution in [-0.2, 0) is 9.59 Å². The zero-order chi connectivity index (χ0) is 20.4. The van der Waals surface area contributed by atoms with Gasteiger partial charge in [0.1, 0.15) is 5.75 Å². The number of piperazine rings is 1. The molecule has 0 bridgehead atoms. The van der Waals surface area contributed by atoms with Crippen LogP contribution in [-0.4, -0.2) is 92.5 Å². The van der Waals surface area contributed by atoms with E-state index in [4.69, 9.17) is 4.74 Å². The summed E-state index contributed by atoms with van der Waals surface area (Å²) < 4.78 is 5.18. The number of nitrogens with zero attached hydrogens (tertiary/aromatic N) is 4. The number of amides is 2. The number of ether oxygens (including phenoxy) is 1. The first-order chi connectivity index (χ1) is 14.0. The third kappa shape index (κ3) is 4.41. The van der Waals surface area contributed by atoms with Crippen molar-refractivity contribution >= 4 is 17.5 Å². The van der Waals surface area contributed by atoms with Crippen LogP contribution in [0.5, 0.6) is 5.75 Å². The van der Waals surface area contributed by atoms with E-state index < -0.39 is 0 Å². The minimum atomic E-state index is -0.239. The standard InChI is InChI=1S/C22H32N4O3/c1-23-9-3-4-19(16-23)24-10-12-25(13-11-24)22(28)17-14-21(27)26(15-17)18-5-7-20(29-2)8-6-18/h5-8,17,19H,3-4,9-16H2,1-2H3. The summed E-state index contributed by atoms with van der Waals surface area (Å²) in [4.78, 5) is 34.2. The first kappa shape index (κ1) is 20.2. The summed E-state index contributed by atoms with van der Waals surface area (Å²) >= 11 is 0. The van der Waals surface area contributed by atoms with Crippen LogP contribution >= 0.6 is 0 Å². The summed E-state index contributed by atoms with van der Waals surface area (Å²) in [6.45, 7) is 6.20. The Labute approximate surface area is 173 Å². The van der Waals surface area contributed by atoms with E-state index in [1.807, 2.05) is 29.2 Å². The predicted molar refractivity (Wildman–Crippen MR) is 112 cm³/mol. The predicted octanol–water partition coefficient (Wildman–Crippen LogP) is 1.29. The van der Waals surface area contributed by atoms with Crippen molar-refractivity contribution in [3.8, 4) is 5.75 Å². The molecular formula is C22H32N4O3. The molecule has 2 amide bonds. The highest BCUT2D eigenvalue weighted by atomic mass is 16.5. The van der Waals surface area contributed by atoms with Gasteiger partial charge in [0.2, 0.25) is 11.8 Å². The highest BCUT2D eigenvalue weighted by Gasteiger charge is 2.38. The zero-order valence-electron chi connectivity index (χ0n) is 17.5. The molecule has 7 nitrogen and oxygen atoms in total. The Morgan fingerprint density at radius 2 is 1.76 bits per heavy atom. The number of likely N-dealkylation sites (tertiary alicyclic amines) is 1. The van der Waals surface area contributed by atoms with Crippen molar-refractivity contribution in [3.05, 3.63) is 24.3 Å². The summed E-state index contributed by atoms with van der Waals surface area (Å²) in [5.74, 6) is 0.680. The first-order valence-corrected chi connectivity index (χ1v) is 10.7. The number of piperidine rings is 1. The second-order valence-electron chi connectivity index (χ2n) is 8.52. The summed E-state index contributed by atoms with van der Waals surface area (Å²) in [7, 11) is 3.81. The number of methoxy groups -OCH3 is 1. The van der Waals surface area contributed by atoms with Crippen molar-refractivity contribution in [1.29, 1.82) is 0 Å². The van der Waals surface area contributed by atoms with Crippen molar-refractivity contribution < 1.29 is 14.3 Å². The molecule has 2 atom stereocenters. The summed E-state index contributed by atoms with van der Waals surface area (Å²) in [6, 6.07) is 8.07. The molecule has 4 rings (SSSR count). The molecule has 2 unspecified atom stereocenters. The van der Waals surface area contributed by atoms with Crippen LogP contribution in [0.15, 0.2) is 24.3 Å². The third-order valence-corrected chi connectivity index (χ3v) is 6.60. The maximum Gasteiger partial charge on any atom is 0.228 e. The molecule has 3 fully saturated rings. The zero-order valence-corrected chi connectivity index (χ0v) is 17.5. The van der Waals surface area contributed by atoms with Crippen molar-refractivity contribution in [2.24, 2.45) is 5.92 Å². The van der Waals surface area contributed by atoms with E-state index in [1.54, 1.807) is 12.0 Å². The molecule has 3 saturated heterocycles. The fourth-order valence-corrected chi connectivity index (χ4v) is 4.89. The van der Waals surface area contributed by atoms with Gasteiger partial charge in [-0.15, -0.1) is 0 Å². The Morgan fingerprint density at radius 3 is 2.41 bits per heavy atom. The molecule has 0 spiro atoms. The van der Waals surface area contributed by atoms with Crippen LogP contribution in [0.4, 0.5) is 5.69 Å². The molecule has 7 heteroatoms. The van der Waals surface area contributed by atoms with E-state index in [0.29, 0.717) is 19.0 Å². The average Bonchev–Trinajstić information content (AvgIpc) is 3.15. The average molecular weight is 401 g/mol. The van der Waals surface area contributed by atoms with Gasteiger partial charge in [-0.2, -0.15) is 0 Å². The molecule has 3 aliphatic heterocycles. The van der Waals surface area contributed by atoms with Gasteiger partial charge in [-0.3, -0.25) is 14.5 Å². The highest BCUT2D eigenvalue weighted by Crippen LogP contribution is 2.28. The summed E-state index contributed by atoms with van der Waals surface area (Å²) in [6.07, 6.45) is 2.82. The van der Waals surface area contributed by atoms with Gasteiger partial charge in [0, 0.05) is 57.4 Å². The molecule has 0 aromatic heterocycles. The molecule has 3 aliphatic rings. The lowest BCUT2D eigenvalue weighted by Crippen LogP contribution is -2.56. The Balaban J connectivity index is 1.31. The van der Waals surface area contributed by atoms with E-state index >= 15 is 0 Å². The molecular weight excluding hydrogens is 368 g/mol. The van der Waals surface area contributed by atoms with E-state index in [-0.39, 0.29) is 17.7 Å².